The Labute approximate surface area is 188 Å². The zero-order chi connectivity index (χ0) is 22.4. The summed E-state index contributed by atoms with van der Waals surface area (Å²) in [5.74, 6) is -0.332. The number of hydrogen-bond acceptors (Lipinski definition) is 4. The molecule has 31 heavy (non-hydrogen) atoms. The Morgan fingerprint density at radius 3 is 2.13 bits per heavy atom. The van der Waals surface area contributed by atoms with Crippen LogP contribution in [0.5, 0.6) is 0 Å². The summed E-state index contributed by atoms with van der Waals surface area (Å²) in [6.07, 6.45) is 0.219. The Hall–Kier alpha value is -3.39. The maximum Gasteiger partial charge on any atom is 0.291 e. The minimum Gasteiger partial charge on any atom is -0.444 e. The number of carbonyl (C=O) groups is 3. The number of rotatable bonds is 7. The summed E-state index contributed by atoms with van der Waals surface area (Å²) in [6, 6.07) is 17.4. The molecular formula is C23H22BrN3O4. The van der Waals surface area contributed by atoms with Gasteiger partial charge in [0.05, 0.1) is 6.42 Å². The molecule has 0 aliphatic heterocycles. The minimum atomic E-state index is -0.352. The monoisotopic (exact) mass is 483 g/mol. The number of amides is 3. The number of hydrogen-bond donors (Lipinski definition) is 2. The number of carbonyl (C=O) groups excluding carboxylic acids is 3. The fourth-order valence-corrected chi connectivity index (χ4v) is 3.11. The Kier molecular flexibility index (Phi) is 7.25. The molecule has 160 valence electrons. The molecule has 3 rings (SSSR count). The predicted molar refractivity (Wildman–Crippen MR) is 121 cm³/mol. The lowest BCUT2D eigenvalue weighted by Gasteiger charge is -2.11. The molecule has 0 bridgehead atoms. The van der Waals surface area contributed by atoms with Crippen LogP contribution in [0, 0.1) is 0 Å². The van der Waals surface area contributed by atoms with Crippen molar-refractivity contribution in [1.82, 2.24) is 10.2 Å². The zero-order valence-electron chi connectivity index (χ0n) is 17.1. The Morgan fingerprint density at radius 1 is 0.903 bits per heavy atom. The van der Waals surface area contributed by atoms with Crippen LogP contribution in [0.25, 0.3) is 0 Å². The Bertz CT molecular complexity index is 1070. The van der Waals surface area contributed by atoms with Gasteiger partial charge in [-0.25, -0.2) is 0 Å². The summed E-state index contributed by atoms with van der Waals surface area (Å²) in [4.78, 5) is 37.8. The van der Waals surface area contributed by atoms with E-state index in [1.807, 2.05) is 12.1 Å². The van der Waals surface area contributed by atoms with E-state index in [0.717, 1.165) is 11.1 Å². The molecule has 3 aromatic rings. The molecule has 1 aromatic heterocycles. The number of halogens is 1. The van der Waals surface area contributed by atoms with Crippen molar-refractivity contribution < 1.29 is 18.8 Å². The van der Waals surface area contributed by atoms with Gasteiger partial charge in [-0.05, 0) is 63.5 Å². The van der Waals surface area contributed by atoms with Crippen LogP contribution in [0.15, 0.2) is 69.8 Å². The van der Waals surface area contributed by atoms with Gasteiger partial charge in [0.2, 0.25) is 5.91 Å². The second-order valence-corrected chi connectivity index (χ2v) is 7.89. The molecule has 2 aromatic carbocycles. The van der Waals surface area contributed by atoms with E-state index in [1.54, 1.807) is 62.6 Å². The molecule has 1 heterocycles. The van der Waals surface area contributed by atoms with E-state index >= 15 is 0 Å². The van der Waals surface area contributed by atoms with Gasteiger partial charge >= 0.3 is 0 Å². The lowest BCUT2D eigenvalue weighted by Crippen LogP contribution is -2.25. The topological polar surface area (TPSA) is 91.7 Å². The van der Waals surface area contributed by atoms with Crippen molar-refractivity contribution >= 4 is 39.3 Å². The standard InChI is InChI=1S/C23H22BrN3O4/c1-27(2)23(30)17-7-3-16(4-8-17)14-25-21(28)13-15-5-9-18(10-6-15)26-22(29)19-11-12-20(24)31-19/h3-12H,13-14H2,1-2H3,(H,25,28)(H,26,29). The molecule has 0 radical (unpaired) electrons. The fraction of sp³-hybridized carbons (Fsp3) is 0.174. The molecule has 0 spiro atoms. The van der Waals surface area contributed by atoms with Crippen molar-refractivity contribution in [2.45, 2.75) is 13.0 Å². The minimum absolute atomic E-state index is 0.0627. The lowest BCUT2D eigenvalue weighted by atomic mass is 10.1. The average Bonchev–Trinajstić information content (AvgIpc) is 3.20. The smallest absolute Gasteiger partial charge is 0.291 e. The molecule has 0 fully saturated rings. The Balaban J connectivity index is 1.48. The van der Waals surface area contributed by atoms with Crippen LogP contribution in [-0.2, 0) is 17.8 Å². The average molecular weight is 484 g/mol. The first kappa shape index (κ1) is 22.3. The SMILES string of the molecule is CN(C)C(=O)c1ccc(CNC(=O)Cc2ccc(NC(=O)c3ccc(Br)o3)cc2)cc1. The lowest BCUT2D eigenvalue weighted by molar-refractivity contribution is -0.120. The predicted octanol–water partition coefficient (Wildman–Crippen LogP) is 3.86. The van der Waals surface area contributed by atoms with Crippen molar-refractivity contribution in [3.05, 3.63) is 87.8 Å². The van der Waals surface area contributed by atoms with Gasteiger partial charge < -0.3 is 20.0 Å². The van der Waals surface area contributed by atoms with E-state index in [4.69, 9.17) is 4.42 Å². The highest BCUT2D eigenvalue weighted by Crippen LogP contribution is 2.16. The number of nitrogens with zero attached hydrogens (tertiary/aromatic N) is 1. The zero-order valence-corrected chi connectivity index (χ0v) is 18.7. The molecule has 7 nitrogen and oxygen atoms in total. The number of anilines is 1. The molecule has 0 atom stereocenters. The third kappa shape index (κ3) is 6.29. The van der Waals surface area contributed by atoms with Crippen molar-refractivity contribution in [2.75, 3.05) is 19.4 Å². The number of nitrogens with one attached hydrogen (secondary N) is 2. The van der Waals surface area contributed by atoms with Gasteiger partial charge in [-0.2, -0.15) is 0 Å². The largest absolute Gasteiger partial charge is 0.444 e. The van der Waals surface area contributed by atoms with Gasteiger partial charge in [-0.15, -0.1) is 0 Å². The molecule has 0 unspecified atom stereocenters. The summed E-state index contributed by atoms with van der Waals surface area (Å²) in [5, 5.41) is 5.61. The van der Waals surface area contributed by atoms with Crippen LogP contribution < -0.4 is 10.6 Å². The summed E-state index contributed by atoms with van der Waals surface area (Å²) in [5.41, 5.74) is 2.94. The van der Waals surface area contributed by atoms with E-state index in [9.17, 15) is 14.4 Å². The molecule has 0 aliphatic rings. The van der Waals surface area contributed by atoms with Gasteiger partial charge in [-0.3, -0.25) is 14.4 Å². The fourth-order valence-electron chi connectivity index (χ4n) is 2.81. The molecule has 0 aliphatic carbocycles. The van der Waals surface area contributed by atoms with Crippen molar-refractivity contribution in [1.29, 1.82) is 0 Å². The van der Waals surface area contributed by atoms with Crippen LogP contribution >= 0.6 is 15.9 Å². The van der Waals surface area contributed by atoms with E-state index in [0.29, 0.717) is 22.5 Å². The molecule has 2 N–H and O–H groups in total. The highest BCUT2D eigenvalue weighted by atomic mass is 79.9. The molecule has 3 amide bonds. The number of furan rings is 1. The van der Waals surface area contributed by atoms with Crippen LogP contribution in [0.4, 0.5) is 5.69 Å². The van der Waals surface area contributed by atoms with Gasteiger partial charge in [0.15, 0.2) is 10.4 Å². The molecule has 0 saturated heterocycles. The number of benzene rings is 2. The summed E-state index contributed by atoms with van der Waals surface area (Å²) < 4.78 is 5.70. The second-order valence-electron chi connectivity index (χ2n) is 7.10. The van der Waals surface area contributed by atoms with Crippen molar-refractivity contribution in [2.24, 2.45) is 0 Å². The van der Waals surface area contributed by atoms with Gasteiger partial charge in [0.25, 0.3) is 11.8 Å². The van der Waals surface area contributed by atoms with Crippen LogP contribution in [0.3, 0.4) is 0 Å². The highest BCUT2D eigenvalue weighted by Gasteiger charge is 2.11. The van der Waals surface area contributed by atoms with Gasteiger partial charge in [0, 0.05) is 31.9 Å². The first-order valence-electron chi connectivity index (χ1n) is 9.55. The normalized spacial score (nSPS) is 10.4. The Morgan fingerprint density at radius 2 is 1.55 bits per heavy atom. The van der Waals surface area contributed by atoms with Crippen LogP contribution in [-0.4, -0.2) is 36.7 Å². The molecule has 0 saturated carbocycles. The molecular weight excluding hydrogens is 462 g/mol. The summed E-state index contributed by atoms with van der Waals surface area (Å²) in [7, 11) is 3.41. The maximum atomic E-state index is 12.2. The third-order valence-corrected chi connectivity index (χ3v) is 4.90. The second kappa shape index (κ2) is 10.1. The van der Waals surface area contributed by atoms with Crippen LogP contribution in [0.1, 0.15) is 32.0 Å². The quantitative estimate of drug-likeness (QED) is 0.533. The summed E-state index contributed by atoms with van der Waals surface area (Å²) in [6.45, 7) is 0.377. The van der Waals surface area contributed by atoms with E-state index < -0.39 is 0 Å². The van der Waals surface area contributed by atoms with E-state index in [1.165, 1.54) is 4.90 Å². The van der Waals surface area contributed by atoms with Crippen molar-refractivity contribution in [3.8, 4) is 0 Å². The first-order chi connectivity index (χ1) is 14.8. The van der Waals surface area contributed by atoms with Crippen LogP contribution in [0.2, 0.25) is 0 Å². The van der Waals surface area contributed by atoms with E-state index in [-0.39, 0.29) is 29.9 Å². The summed E-state index contributed by atoms with van der Waals surface area (Å²) >= 11 is 3.16. The van der Waals surface area contributed by atoms with Gasteiger partial charge in [0.1, 0.15) is 0 Å². The van der Waals surface area contributed by atoms with E-state index in [2.05, 4.69) is 26.6 Å². The maximum absolute atomic E-state index is 12.2. The van der Waals surface area contributed by atoms with Crippen molar-refractivity contribution in [3.63, 3.8) is 0 Å². The highest BCUT2D eigenvalue weighted by molar-refractivity contribution is 9.10. The van der Waals surface area contributed by atoms with Gasteiger partial charge in [-0.1, -0.05) is 24.3 Å². The third-order valence-electron chi connectivity index (χ3n) is 4.47. The first-order valence-corrected chi connectivity index (χ1v) is 10.3. The molecule has 8 heteroatoms.